The second-order valence-electron chi connectivity index (χ2n) is 9.13. The molecule has 0 spiro atoms. The molecule has 1 saturated heterocycles. The fraction of sp³-hybridized carbons (Fsp3) is 0.286. The van der Waals surface area contributed by atoms with Crippen LogP contribution < -0.4 is 15.8 Å². The molecule has 3 heterocycles. The van der Waals surface area contributed by atoms with Gasteiger partial charge in [-0.2, -0.15) is 0 Å². The summed E-state index contributed by atoms with van der Waals surface area (Å²) >= 11 is 0. The molecule has 0 aliphatic carbocycles. The van der Waals surface area contributed by atoms with Crippen molar-refractivity contribution in [1.29, 1.82) is 0 Å². The number of fused-ring (bicyclic) bond motifs is 1. The summed E-state index contributed by atoms with van der Waals surface area (Å²) in [7, 11) is 0. The number of nitrogens with zero attached hydrogens (tertiary/aromatic N) is 4. The molecule has 4 aromatic rings. The molecule has 1 amide bonds. The van der Waals surface area contributed by atoms with E-state index in [9.17, 15) is 9.59 Å². The van der Waals surface area contributed by atoms with Crippen LogP contribution in [0.3, 0.4) is 0 Å². The molecule has 0 bridgehead atoms. The van der Waals surface area contributed by atoms with E-state index in [1.54, 1.807) is 35.2 Å². The summed E-state index contributed by atoms with van der Waals surface area (Å²) in [5, 5.41) is 3.46. The molecule has 1 fully saturated rings. The molecule has 0 radical (unpaired) electrons. The van der Waals surface area contributed by atoms with Gasteiger partial charge in [-0.25, -0.2) is 9.55 Å². The summed E-state index contributed by atoms with van der Waals surface area (Å²) in [6.45, 7) is 8.38. The fourth-order valence-corrected chi connectivity index (χ4v) is 4.38. The first-order valence-corrected chi connectivity index (χ1v) is 12.1. The maximum Gasteiger partial charge on any atom is 0.267 e. The summed E-state index contributed by atoms with van der Waals surface area (Å²) in [5.41, 5.74) is 4.71. The first-order chi connectivity index (χ1) is 17.4. The van der Waals surface area contributed by atoms with Gasteiger partial charge in [-0.05, 0) is 73.9 Å². The Labute approximate surface area is 209 Å². The summed E-state index contributed by atoms with van der Waals surface area (Å²) in [6.07, 6.45) is 3.43. The third-order valence-electron chi connectivity index (χ3n) is 6.69. The van der Waals surface area contributed by atoms with Gasteiger partial charge in [-0.1, -0.05) is 12.1 Å². The Bertz CT molecular complexity index is 1480. The molecule has 8 nitrogen and oxygen atoms in total. The molecule has 1 aliphatic heterocycles. The highest BCUT2D eigenvalue weighted by Crippen LogP contribution is 2.23. The molecule has 5 rings (SSSR count). The minimum Gasteiger partial charge on any atom is -0.378 e. The maximum atomic E-state index is 13.8. The molecule has 2 aromatic carbocycles. The lowest BCUT2D eigenvalue weighted by molar-refractivity contribution is 0.0940. The highest BCUT2D eigenvalue weighted by atomic mass is 16.5. The van der Waals surface area contributed by atoms with E-state index in [0.717, 1.165) is 22.4 Å². The van der Waals surface area contributed by atoms with Gasteiger partial charge in [-0.15, -0.1) is 0 Å². The number of benzene rings is 2. The average Bonchev–Trinajstić information content (AvgIpc) is 2.91. The van der Waals surface area contributed by atoms with E-state index in [2.05, 4.69) is 15.2 Å². The Morgan fingerprint density at radius 3 is 2.58 bits per heavy atom. The Morgan fingerprint density at radius 2 is 1.86 bits per heavy atom. The normalized spacial score (nSPS) is 14.6. The molecule has 0 saturated carbocycles. The highest BCUT2D eigenvalue weighted by Gasteiger charge is 2.22. The molecule has 1 N–H and O–H groups in total. The van der Waals surface area contributed by atoms with Crippen LogP contribution >= 0.6 is 0 Å². The Hall–Kier alpha value is -4.04. The standard InChI is InChI=1S/C28H29N5O3/c1-18-6-8-23(15-19(18)2)33-27(35)24-9-7-21(26(34)30-20(3)22-5-4-10-29-17-22)16-25(24)31-28(33)32-11-13-36-14-12-32/h4-10,15-17,20H,11-14H2,1-3H3,(H,30,34). The Kier molecular flexibility index (Phi) is 6.52. The van der Waals surface area contributed by atoms with Gasteiger partial charge in [0, 0.05) is 31.0 Å². The van der Waals surface area contributed by atoms with Crippen molar-refractivity contribution in [2.45, 2.75) is 26.8 Å². The van der Waals surface area contributed by atoms with Gasteiger partial charge in [0.1, 0.15) is 0 Å². The van der Waals surface area contributed by atoms with Crippen LogP contribution in [-0.2, 0) is 4.74 Å². The molecule has 1 aliphatic rings. The smallest absolute Gasteiger partial charge is 0.267 e. The molecular formula is C28H29N5O3. The van der Waals surface area contributed by atoms with Gasteiger partial charge in [0.2, 0.25) is 5.95 Å². The maximum absolute atomic E-state index is 13.8. The third-order valence-corrected chi connectivity index (χ3v) is 6.69. The Morgan fingerprint density at radius 1 is 1.06 bits per heavy atom. The second kappa shape index (κ2) is 9.91. The fourth-order valence-electron chi connectivity index (χ4n) is 4.38. The molecular weight excluding hydrogens is 454 g/mol. The first kappa shape index (κ1) is 23.7. The number of ether oxygens (including phenoxy) is 1. The van der Waals surface area contributed by atoms with Gasteiger partial charge in [-0.3, -0.25) is 14.6 Å². The monoisotopic (exact) mass is 483 g/mol. The minimum absolute atomic E-state index is 0.166. The number of aromatic nitrogens is 3. The largest absolute Gasteiger partial charge is 0.378 e. The lowest BCUT2D eigenvalue weighted by atomic mass is 10.1. The topological polar surface area (TPSA) is 89.3 Å². The number of nitrogens with one attached hydrogen (secondary N) is 1. The SMILES string of the molecule is Cc1ccc(-n2c(N3CCOCC3)nc3cc(C(=O)NC(C)c4cccnc4)ccc3c2=O)cc1C. The Balaban J connectivity index is 1.58. The summed E-state index contributed by atoms with van der Waals surface area (Å²) < 4.78 is 7.20. The number of rotatable bonds is 5. The second-order valence-corrected chi connectivity index (χ2v) is 9.13. The number of pyridine rings is 1. The van der Waals surface area contributed by atoms with E-state index < -0.39 is 0 Å². The number of morpholine rings is 1. The van der Waals surface area contributed by atoms with E-state index in [0.29, 0.717) is 48.7 Å². The zero-order valence-corrected chi connectivity index (χ0v) is 20.7. The van der Waals surface area contributed by atoms with Crippen molar-refractivity contribution < 1.29 is 9.53 Å². The first-order valence-electron chi connectivity index (χ1n) is 12.1. The summed E-state index contributed by atoms with van der Waals surface area (Å²) in [4.78, 5) is 37.9. The van der Waals surface area contributed by atoms with Gasteiger partial charge in [0.05, 0.1) is 35.8 Å². The zero-order chi connectivity index (χ0) is 25.2. The molecule has 1 unspecified atom stereocenters. The number of carbonyl (C=O) groups is 1. The lowest BCUT2D eigenvalue weighted by Crippen LogP contribution is -2.40. The molecule has 36 heavy (non-hydrogen) atoms. The third kappa shape index (κ3) is 4.59. The summed E-state index contributed by atoms with van der Waals surface area (Å²) in [6, 6.07) is 14.6. The molecule has 2 aromatic heterocycles. The number of aryl methyl sites for hydroxylation is 2. The van der Waals surface area contributed by atoms with Crippen LogP contribution in [0.15, 0.2) is 65.7 Å². The van der Waals surface area contributed by atoms with Crippen molar-refractivity contribution in [3.63, 3.8) is 0 Å². The van der Waals surface area contributed by atoms with Crippen molar-refractivity contribution in [1.82, 2.24) is 19.9 Å². The van der Waals surface area contributed by atoms with E-state index in [1.807, 2.05) is 51.1 Å². The predicted octanol–water partition coefficient (Wildman–Crippen LogP) is 3.73. The van der Waals surface area contributed by atoms with Gasteiger partial charge in [0.15, 0.2) is 0 Å². The van der Waals surface area contributed by atoms with Crippen LogP contribution in [0.5, 0.6) is 0 Å². The minimum atomic E-state index is -0.235. The van der Waals surface area contributed by atoms with Gasteiger partial charge < -0.3 is 15.0 Å². The van der Waals surface area contributed by atoms with Crippen LogP contribution in [0.2, 0.25) is 0 Å². The van der Waals surface area contributed by atoms with Crippen molar-refractivity contribution >= 4 is 22.8 Å². The quantitative estimate of drug-likeness (QED) is 0.465. The lowest BCUT2D eigenvalue weighted by Gasteiger charge is -2.30. The van der Waals surface area contributed by atoms with E-state index in [-0.39, 0.29) is 17.5 Å². The number of hydrogen-bond donors (Lipinski definition) is 1. The summed E-state index contributed by atoms with van der Waals surface area (Å²) in [5.74, 6) is 0.321. The molecule has 184 valence electrons. The van der Waals surface area contributed by atoms with Crippen molar-refractivity contribution in [2.24, 2.45) is 0 Å². The molecule has 8 heteroatoms. The predicted molar refractivity (Wildman–Crippen MR) is 140 cm³/mol. The van der Waals surface area contributed by atoms with Crippen molar-refractivity contribution in [3.8, 4) is 5.69 Å². The van der Waals surface area contributed by atoms with Gasteiger partial charge >= 0.3 is 0 Å². The van der Waals surface area contributed by atoms with Gasteiger partial charge in [0.25, 0.3) is 11.5 Å². The average molecular weight is 484 g/mol. The zero-order valence-electron chi connectivity index (χ0n) is 20.7. The number of carbonyl (C=O) groups excluding carboxylic acids is 1. The van der Waals surface area contributed by atoms with Crippen LogP contribution in [0, 0.1) is 13.8 Å². The molecule has 1 atom stereocenters. The van der Waals surface area contributed by atoms with Crippen molar-refractivity contribution in [3.05, 3.63) is 93.5 Å². The van der Waals surface area contributed by atoms with Crippen molar-refractivity contribution in [2.75, 3.05) is 31.2 Å². The van der Waals surface area contributed by atoms with E-state index >= 15 is 0 Å². The number of amides is 1. The number of hydrogen-bond acceptors (Lipinski definition) is 6. The van der Waals surface area contributed by atoms with E-state index in [4.69, 9.17) is 9.72 Å². The van der Waals surface area contributed by atoms with Crippen LogP contribution in [0.4, 0.5) is 5.95 Å². The van der Waals surface area contributed by atoms with Crippen LogP contribution in [-0.4, -0.2) is 46.7 Å². The number of anilines is 1. The van der Waals surface area contributed by atoms with Crippen LogP contribution in [0.25, 0.3) is 16.6 Å². The highest BCUT2D eigenvalue weighted by molar-refractivity contribution is 5.98. The van der Waals surface area contributed by atoms with E-state index in [1.165, 1.54) is 0 Å². The van der Waals surface area contributed by atoms with Crippen LogP contribution in [0.1, 0.15) is 40.0 Å².